The first-order chi connectivity index (χ1) is 16.2. The topological polar surface area (TPSA) is 12.9 Å². The standard InChI is InChI=1S/C32H27N/c1-3-29-30(24-13-6-4-7-14-24)22-31(33-32(29)25-15-8-5-9-16-25)28-19-11-18-27(21-28)26-17-10-12-23(2)20-26/h4-22H,3H2,1-2H3. The second-order valence-corrected chi connectivity index (χ2v) is 8.42. The Labute approximate surface area is 196 Å². The molecule has 0 amide bonds. The Bertz CT molecular complexity index is 1320. The third-order valence-corrected chi connectivity index (χ3v) is 6.12. The van der Waals surface area contributed by atoms with Crippen molar-refractivity contribution in [2.45, 2.75) is 20.3 Å². The summed E-state index contributed by atoms with van der Waals surface area (Å²) < 4.78 is 0. The molecule has 0 unspecified atom stereocenters. The third-order valence-electron chi connectivity index (χ3n) is 6.12. The number of aryl methyl sites for hydroxylation is 1. The highest BCUT2D eigenvalue weighted by Gasteiger charge is 2.16. The molecule has 0 saturated carbocycles. The fraction of sp³-hybridized carbons (Fsp3) is 0.0938. The van der Waals surface area contributed by atoms with Crippen LogP contribution in [0.3, 0.4) is 0 Å². The molecule has 0 spiro atoms. The van der Waals surface area contributed by atoms with Gasteiger partial charge in [-0.15, -0.1) is 0 Å². The molecule has 5 rings (SSSR count). The van der Waals surface area contributed by atoms with Gasteiger partial charge in [0.05, 0.1) is 11.4 Å². The van der Waals surface area contributed by atoms with E-state index < -0.39 is 0 Å². The summed E-state index contributed by atoms with van der Waals surface area (Å²) in [6, 6.07) is 40.9. The predicted molar refractivity (Wildman–Crippen MR) is 140 cm³/mol. The number of nitrogens with zero attached hydrogens (tertiary/aromatic N) is 1. The first-order valence-corrected chi connectivity index (χ1v) is 11.5. The highest BCUT2D eigenvalue weighted by atomic mass is 14.7. The summed E-state index contributed by atoms with van der Waals surface area (Å²) in [5.41, 5.74) is 11.8. The molecule has 0 aliphatic heterocycles. The molecule has 4 aromatic carbocycles. The molecule has 33 heavy (non-hydrogen) atoms. The van der Waals surface area contributed by atoms with Crippen LogP contribution in [0, 0.1) is 6.92 Å². The molecule has 1 heterocycles. The van der Waals surface area contributed by atoms with Gasteiger partial charge >= 0.3 is 0 Å². The average molecular weight is 426 g/mol. The first-order valence-electron chi connectivity index (χ1n) is 11.5. The number of hydrogen-bond donors (Lipinski definition) is 0. The summed E-state index contributed by atoms with van der Waals surface area (Å²) in [5, 5.41) is 0. The van der Waals surface area contributed by atoms with Crippen molar-refractivity contribution in [1.29, 1.82) is 0 Å². The van der Waals surface area contributed by atoms with E-state index in [-0.39, 0.29) is 0 Å². The van der Waals surface area contributed by atoms with Gasteiger partial charge in [0, 0.05) is 11.1 Å². The maximum absolute atomic E-state index is 5.22. The molecule has 1 aromatic heterocycles. The van der Waals surface area contributed by atoms with Crippen molar-refractivity contribution in [2.75, 3.05) is 0 Å². The van der Waals surface area contributed by atoms with Crippen LogP contribution in [0.15, 0.2) is 115 Å². The van der Waals surface area contributed by atoms with E-state index in [4.69, 9.17) is 4.98 Å². The van der Waals surface area contributed by atoms with E-state index in [1.807, 2.05) is 0 Å². The minimum atomic E-state index is 0.922. The molecule has 5 aromatic rings. The quantitative estimate of drug-likeness (QED) is 0.275. The van der Waals surface area contributed by atoms with E-state index in [2.05, 4.69) is 129 Å². The van der Waals surface area contributed by atoms with Gasteiger partial charge in [0.1, 0.15) is 0 Å². The molecule has 160 valence electrons. The molecular weight excluding hydrogens is 398 g/mol. The Balaban J connectivity index is 1.72. The van der Waals surface area contributed by atoms with Crippen molar-refractivity contribution in [2.24, 2.45) is 0 Å². The Hall–Kier alpha value is -3.97. The Morgan fingerprint density at radius 3 is 1.79 bits per heavy atom. The van der Waals surface area contributed by atoms with Crippen LogP contribution >= 0.6 is 0 Å². The maximum Gasteiger partial charge on any atom is 0.0747 e. The molecule has 0 saturated heterocycles. The van der Waals surface area contributed by atoms with E-state index in [0.29, 0.717) is 0 Å². The van der Waals surface area contributed by atoms with Crippen molar-refractivity contribution in [3.8, 4) is 44.8 Å². The van der Waals surface area contributed by atoms with Crippen LogP contribution in [-0.2, 0) is 6.42 Å². The number of pyridine rings is 1. The van der Waals surface area contributed by atoms with E-state index in [9.17, 15) is 0 Å². The Morgan fingerprint density at radius 1 is 0.545 bits per heavy atom. The van der Waals surface area contributed by atoms with Crippen LogP contribution in [-0.4, -0.2) is 4.98 Å². The fourth-order valence-electron chi connectivity index (χ4n) is 4.47. The summed E-state index contributed by atoms with van der Waals surface area (Å²) in [5.74, 6) is 0. The lowest BCUT2D eigenvalue weighted by Gasteiger charge is -2.17. The normalized spacial score (nSPS) is 10.8. The molecule has 0 bridgehead atoms. The largest absolute Gasteiger partial charge is 0.247 e. The SMILES string of the molecule is CCc1c(-c2ccccc2)cc(-c2cccc(-c3cccc(C)c3)c2)nc1-c1ccccc1. The smallest absolute Gasteiger partial charge is 0.0747 e. The Kier molecular flexibility index (Phi) is 5.87. The minimum Gasteiger partial charge on any atom is -0.247 e. The molecule has 0 N–H and O–H groups in total. The zero-order valence-electron chi connectivity index (χ0n) is 19.1. The van der Waals surface area contributed by atoms with Crippen molar-refractivity contribution in [3.05, 3.63) is 126 Å². The molecule has 1 nitrogen and oxygen atoms in total. The van der Waals surface area contributed by atoms with Crippen molar-refractivity contribution < 1.29 is 0 Å². The lowest BCUT2D eigenvalue weighted by Crippen LogP contribution is -1.99. The van der Waals surface area contributed by atoms with E-state index in [0.717, 1.165) is 28.9 Å². The van der Waals surface area contributed by atoms with Gasteiger partial charge in [-0.05, 0) is 53.3 Å². The maximum atomic E-state index is 5.22. The van der Waals surface area contributed by atoms with E-state index in [1.54, 1.807) is 0 Å². The summed E-state index contributed by atoms with van der Waals surface area (Å²) >= 11 is 0. The minimum absolute atomic E-state index is 0.922. The van der Waals surface area contributed by atoms with Gasteiger partial charge in [0.2, 0.25) is 0 Å². The molecule has 0 aliphatic carbocycles. The molecule has 0 atom stereocenters. The van der Waals surface area contributed by atoms with Crippen molar-refractivity contribution in [3.63, 3.8) is 0 Å². The molecule has 1 heteroatoms. The first kappa shape index (κ1) is 20.9. The zero-order valence-corrected chi connectivity index (χ0v) is 19.1. The van der Waals surface area contributed by atoms with Crippen molar-refractivity contribution in [1.82, 2.24) is 4.98 Å². The van der Waals surface area contributed by atoms with Crippen LogP contribution in [0.2, 0.25) is 0 Å². The van der Waals surface area contributed by atoms with Gasteiger partial charge in [-0.1, -0.05) is 116 Å². The average Bonchev–Trinajstić information content (AvgIpc) is 2.89. The highest BCUT2D eigenvalue weighted by molar-refractivity contribution is 5.82. The molecule has 0 radical (unpaired) electrons. The molecule has 0 fully saturated rings. The van der Waals surface area contributed by atoms with Crippen LogP contribution in [0.4, 0.5) is 0 Å². The monoisotopic (exact) mass is 425 g/mol. The second-order valence-electron chi connectivity index (χ2n) is 8.42. The van der Waals surface area contributed by atoms with Gasteiger partial charge < -0.3 is 0 Å². The van der Waals surface area contributed by atoms with Gasteiger partial charge in [0.15, 0.2) is 0 Å². The van der Waals surface area contributed by atoms with E-state index >= 15 is 0 Å². The van der Waals surface area contributed by atoms with Crippen molar-refractivity contribution >= 4 is 0 Å². The number of benzene rings is 4. The second kappa shape index (κ2) is 9.26. The lowest BCUT2D eigenvalue weighted by atomic mass is 9.92. The van der Waals surface area contributed by atoms with E-state index in [1.165, 1.54) is 33.4 Å². The molecule has 0 aliphatic rings. The van der Waals surface area contributed by atoms with Crippen LogP contribution in [0.25, 0.3) is 44.8 Å². The third kappa shape index (κ3) is 4.36. The summed E-state index contributed by atoms with van der Waals surface area (Å²) in [6.45, 7) is 4.35. The number of rotatable bonds is 5. The summed E-state index contributed by atoms with van der Waals surface area (Å²) in [6.07, 6.45) is 0.922. The summed E-state index contributed by atoms with van der Waals surface area (Å²) in [4.78, 5) is 5.22. The Morgan fingerprint density at radius 2 is 1.12 bits per heavy atom. The van der Waals surface area contributed by atoms with Crippen LogP contribution in [0.1, 0.15) is 18.1 Å². The van der Waals surface area contributed by atoms with Crippen LogP contribution in [0.5, 0.6) is 0 Å². The zero-order chi connectivity index (χ0) is 22.6. The molecular formula is C32H27N. The summed E-state index contributed by atoms with van der Waals surface area (Å²) in [7, 11) is 0. The number of hydrogen-bond acceptors (Lipinski definition) is 1. The fourth-order valence-corrected chi connectivity index (χ4v) is 4.47. The van der Waals surface area contributed by atoms with Gasteiger partial charge in [0.25, 0.3) is 0 Å². The highest BCUT2D eigenvalue weighted by Crippen LogP contribution is 2.36. The lowest BCUT2D eigenvalue weighted by molar-refractivity contribution is 1.11. The van der Waals surface area contributed by atoms with Crippen LogP contribution < -0.4 is 0 Å². The predicted octanol–water partition coefficient (Wildman–Crippen LogP) is 8.62. The van der Waals surface area contributed by atoms with Gasteiger partial charge in [-0.3, -0.25) is 0 Å². The number of aromatic nitrogens is 1. The van der Waals surface area contributed by atoms with Gasteiger partial charge in [-0.2, -0.15) is 0 Å². The van der Waals surface area contributed by atoms with Gasteiger partial charge in [-0.25, -0.2) is 4.98 Å².